The Bertz CT molecular complexity index is 4490. The summed E-state index contributed by atoms with van der Waals surface area (Å²) >= 11 is 33.4. The number of esters is 2. The number of carboxylic acids is 1. The number of halogens is 14. The van der Waals surface area contributed by atoms with Gasteiger partial charge in [0, 0.05) is 75.8 Å². The Balaban J connectivity index is 0.000000204. The molecule has 0 aliphatic carbocycles. The van der Waals surface area contributed by atoms with Gasteiger partial charge in [-0.05, 0) is 170 Å². The van der Waals surface area contributed by atoms with Gasteiger partial charge in [0.15, 0.2) is 24.9 Å². The van der Waals surface area contributed by atoms with Crippen LogP contribution in [0.5, 0.6) is 17.6 Å². The van der Waals surface area contributed by atoms with Crippen LogP contribution in [-0.4, -0.2) is 101 Å². The van der Waals surface area contributed by atoms with E-state index in [2.05, 4.69) is 49.8 Å². The minimum atomic E-state index is -1.47. The van der Waals surface area contributed by atoms with E-state index < -0.39 is 66.0 Å². The summed E-state index contributed by atoms with van der Waals surface area (Å²) in [5.74, 6) is -7.43. The molecule has 0 spiro atoms. The van der Waals surface area contributed by atoms with Crippen molar-refractivity contribution in [2.45, 2.75) is 13.8 Å². The van der Waals surface area contributed by atoms with Crippen LogP contribution in [0, 0.1) is 46.5 Å². The first-order chi connectivity index (χ1) is 47.3. The first-order valence-electron chi connectivity index (χ1n) is 28.0. The Morgan fingerprint density at radius 2 is 0.610 bits per heavy atom. The van der Waals surface area contributed by atoms with Crippen molar-refractivity contribution < 1.29 is 108 Å². The Hall–Kier alpha value is -9.29. The third-order valence-corrected chi connectivity index (χ3v) is 12.9. The fraction of sp³-hybridized carbons (Fsp3) is 0.106. The van der Waals surface area contributed by atoms with Crippen molar-refractivity contribution in [3.8, 4) is 85.4 Å². The molecule has 34 heteroatoms. The summed E-state index contributed by atoms with van der Waals surface area (Å²) in [7, 11) is 0. The molecule has 0 fully saturated rings. The van der Waals surface area contributed by atoms with Crippen molar-refractivity contribution >= 4 is 87.5 Å². The van der Waals surface area contributed by atoms with Gasteiger partial charge in [-0.1, -0.05) is 34.8 Å². The second kappa shape index (κ2) is 39.5. The van der Waals surface area contributed by atoms with E-state index >= 15 is 0 Å². The van der Waals surface area contributed by atoms with E-state index in [0.717, 1.165) is 35.9 Å². The maximum Gasteiger partial charge on any atom is 1.00 e. The fourth-order valence-corrected chi connectivity index (χ4v) is 9.00. The molecule has 100 heavy (non-hydrogen) atoms. The predicted molar refractivity (Wildman–Crippen MR) is 347 cm³/mol. The van der Waals surface area contributed by atoms with Crippen LogP contribution in [0.1, 0.15) is 13.8 Å². The molecule has 0 atom stereocenters. The Kier molecular flexibility index (Phi) is 31.5. The number of aromatic nitrogens is 10. The maximum absolute atomic E-state index is 13.6. The largest absolute Gasteiger partial charge is 1.00 e. The molecule has 11 rings (SSSR count). The Labute approximate surface area is 614 Å². The summed E-state index contributed by atoms with van der Waals surface area (Å²) in [6, 6.07) is 35.3. The number of benzene rings is 6. The normalized spacial score (nSPS) is 10.3. The number of hydrogen-bond donors (Lipinski definition) is 0. The minimum Gasteiger partial charge on any atom is -0.546 e. The molecular weight excluding hydrogens is 1460 g/mol. The van der Waals surface area contributed by atoms with E-state index in [4.69, 9.17) is 93.3 Å². The monoisotopic (exact) mass is 1500 g/mol. The predicted octanol–water partition coefficient (Wildman–Crippen LogP) is 12.4. The van der Waals surface area contributed by atoms with Crippen LogP contribution in [-0.2, 0) is 23.9 Å². The van der Waals surface area contributed by atoms with Crippen LogP contribution in [0.2, 0.25) is 31.3 Å². The van der Waals surface area contributed by atoms with Gasteiger partial charge < -0.3 is 33.6 Å². The molecule has 0 unspecified atom stereocenters. The van der Waals surface area contributed by atoms with Gasteiger partial charge in [-0.15, -0.1) is 0 Å². The number of carbonyl (C=O) groups excluding carboxylic acids is 3. The summed E-state index contributed by atoms with van der Waals surface area (Å²) in [6.45, 7) is 2.39. The Morgan fingerprint density at radius 3 is 0.920 bits per heavy atom. The van der Waals surface area contributed by atoms with E-state index in [1.54, 1.807) is 44.2 Å². The van der Waals surface area contributed by atoms with Crippen molar-refractivity contribution in [2.24, 2.45) is 0 Å². The van der Waals surface area contributed by atoms with Gasteiger partial charge >= 0.3 is 41.5 Å². The van der Waals surface area contributed by atoms with Crippen molar-refractivity contribution in [1.29, 1.82) is 0 Å². The van der Waals surface area contributed by atoms with Crippen molar-refractivity contribution in [1.82, 2.24) is 49.8 Å². The average molecular weight is 1510 g/mol. The first-order valence-corrected chi connectivity index (χ1v) is 30.3. The topological polar surface area (TPSA) is 249 Å². The van der Waals surface area contributed by atoms with Crippen LogP contribution >= 0.6 is 69.6 Å². The van der Waals surface area contributed by atoms with Crippen LogP contribution < -0.4 is 48.9 Å². The van der Waals surface area contributed by atoms with Gasteiger partial charge in [0.1, 0.15) is 68.6 Å². The molecule has 6 aromatic carbocycles. The summed E-state index contributed by atoms with van der Waals surface area (Å²) < 4.78 is 131. The zero-order valence-corrected chi connectivity index (χ0v) is 58.1. The molecule has 5 aromatic heterocycles. The molecule has 0 saturated carbocycles. The number of carboxylic acid groups (broad SMARTS) is 1. The zero-order chi connectivity index (χ0) is 71.7. The maximum atomic E-state index is 13.6. The summed E-state index contributed by atoms with van der Waals surface area (Å²) in [5, 5.41) is 11.4. The zero-order valence-electron chi connectivity index (χ0n) is 51.6. The molecule has 0 aliphatic rings. The van der Waals surface area contributed by atoms with Gasteiger partial charge in [0.05, 0.1) is 42.0 Å². The Morgan fingerprint density at radius 1 is 0.330 bits per heavy atom. The number of rotatable bonds is 17. The molecule has 11 aromatic rings. The molecule has 0 radical (unpaired) electrons. The molecule has 0 bridgehead atoms. The molecule has 0 saturated heterocycles. The van der Waals surface area contributed by atoms with E-state index in [0.29, 0.717) is 39.8 Å². The van der Waals surface area contributed by atoms with Crippen molar-refractivity contribution in [3.63, 3.8) is 0 Å². The van der Waals surface area contributed by atoms with Crippen molar-refractivity contribution in [2.75, 3.05) is 33.0 Å². The average Bonchev–Trinajstić information content (AvgIpc) is 0.824. The molecule has 510 valence electrons. The number of aliphatic carboxylic acids is 1. The SMILES string of the molecule is CCOC(=O)COc1cc(-c2ccc(F)cc2)nc(-c2cc(F)cc(F)c2)n1.CCOC(=O)COc1cc(-c2ccc(F)cc2)nc(Cl)n1.Clc1cc(Cl)nc(Cl)n1.Fc1ccc(-c2cc(Cl)nc(Cl)n2)cc1.O=C([O-])COc1cc(-c2ccc(F)cc2)nc(-c2cc(F)cc(F)c2)n1.[Na+]. The van der Waals surface area contributed by atoms with Gasteiger partial charge in [-0.3, -0.25) is 0 Å². The standard InChI is InChI=1S/C20H15F3N2O3.C18H11F3N2O3.C14H12ClFN2O3.C10H5Cl2FN2.C4HCl3N2.Na/c1-2-27-19(26)11-28-18-10-17(12-3-5-14(21)6-4-12)24-20(25-18)13-7-15(22)9-16(23)8-13;19-12-3-1-10(2-4-12)15-8-16(26-9-17(24)25)23-18(22-15)11-5-13(20)7-14(21)6-11;1-2-20-13(19)8-21-12-7-11(17-14(15)18-12)9-3-5-10(16)6-4-9;11-9-5-8(14-10(12)15-9)6-1-3-7(13)4-2-6;5-2-1-3(6)9-4(7)8-2;/h3-10H,2,11H2,1H3;1-8H,9H2,(H,24,25);3-7H,2,8H2,1H3;1-5H;1H;/q;;;;;+1/p-1. The number of ether oxygens (including phenoxy) is 5. The minimum absolute atomic E-state index is 0. The third-order valence-electron chi connectivity index (χ3n) is 11.8. The molecule has 19 nitrogen and oxygen atoms in total. The van der Waals surface area contributed by atoms with Gasteiger partial charge in [-0.25, -0.2) is 79.6 Å². The van der Waals surface area contributed by atoms with Gasteiger partial charge in [0.2, 0.25) is 33.5 Å². The summed E-state index contributed by atoms with van der Waals surface area (Å²) in [4.78, 5) is 72.6. The molecule has 5 heterocycles. The second-order valence-electron chi connectivity index (χ2n) is 19.0. The molecule has 0 N–H and O–H groups in total. The van der Waals surface area contributed by atoms with Gasteiger partial charge in [-0.2, -0.15) is 15.0 Å². The van der Waals surface area contributed by atoms with Gasteiger partial charge in [0.25, 0.3) is 0 Å². The molecule has 0 aliphatic heterocycles. The first kappa shape index (κ1) is 79.7. The third kappa shape index (κ3) is 26.8. The van der Waals surface area contributed by atoms with Crippen molar-refractivity contribution in [3.05, 3.63) is 242 Å². The van der Waals surface area contributed by atoms with Crippen LogP contribution in [0.15, 0.2) is 164 Å². The summed E-state index contributed by atoms with van der Waals surface area (Å²) in [5.41, 5.74) is 4.14. The molecular formula is C66H43Cl6F8N10NaO9. The smallest absolute Gasteiger partial charge is 0.546 e. The summed E-state index contributed by atoms with van der Waals surface area (Å²) in [6.07, 6.45) is 0. The number of nitrogens with zero attached hydrogens (tertiary/aromatic N) is 10. The molecule has 0 amide bonds. The quantitative estimate of drug-likeness (QED) is 0.0270. The van der Waals surface area contributed by atoms with E-state index in [1.807, 2.05) is 0 Å². The van der Waals surface area contributed by atoms with Crippen LogP contribution in [0.3, 0.4) is 0 Å². The second-order valence-corrected chi connectivity index (χ2v) is 21.2. The van der Waals surface area contributed by atoms with E-state index in [1.165, 1.54) is 97.1 Å². The van der Waals surface area contributed by atoms with Crippen LogP contribution in [0.25, 0.3) is 67.8 Å². The number of hydrogen-bond acceptors (Lipinski definition) is 19. The fourth-order valence-electron chi connectivity index (χ4n) is 7.72. The van der Waals surface area contributed by atoms with E-state index in [9.17, 15) is 54.6 Å². The van der Waals surface area contributed by atoms with E-state index in [-0.39, 0.29) is 138 Å². The number of carbonyl (C=O) groups is 3. The van der Waals surface area contributed by atoms with Crippen LogP contribution in [0.4, 0.5) is 35.1 Å².